The summed E-state index contributed by atoms with van der Waals surface area (Å²) in [6, 6.07) is 0. The first-order valence-corrected chi connectivity index (χ1v) is 9.58. The molecule has 1 saturated heterocycles. The zero-order valence-corrected chi connectivity index (χ0v) is 14.6. The van der Waals surface area contributed by atoms with Crippen LogP contribution in [0.2, 0.25) is 0 Å². The van der Waals surface area contributed by atoms with Crippen molar-refractivity contribution in [2.45, 2.75) is 71.6 Å². The Bertz CT molecular complexity index is 256. The Kier molecular flexibility index (Phi) is 5.77. The molecule has 1 aliphatic heterocycles. The lowest BCUT2D eigenvalue weighted by molar-refractivity contribution is 0.0538. The molecule has 1 saturated carbocycles. The van der Waals surface area contributed by atoms with E-state index < -0.39 is 0 Å². The maximum atomic E-state index is 3.82. The molecule has 2 heteroatoms. The van der Waals surface area contributed by atoms with E-state index in [0.29, 0.717) is 10.8 Å². The highest BCUT2D eigenvalue weighted by Gasteiger charge is 2.36. The van der Waals surface area contributed by atoms with E-state index in [1.807, 2.05) is 0 Å². The highest BCUT2D eigenvalue weighted by Crippen LogP contribution is 2.42. The molecule has 0 spiro atoms. The SMILES string of the molecule is CCC1(CC)CCN(CC2(CBr)CCCCC2)CC1. The Morgan fingerprint density at radius 1 is 0.842 bits per heavy atom. The normalized spacial score (nSPS) is 27.3. The molecule has 0 unspecified atom stereocenters. The molecule has 1 heterocycles. The van der Waals surface area contributed by atoms with Gasteiger partial charge in [-0.25, -0.2) is 0 Å². The van der Waals surface area contributed by atoms with Crippen molar-refractivity contribution >= 4 is 15.9 Å². The second kappa shape index (κ2) is 6.93. The summed E-state index contributed by atoms with van der Waals surface area (Å²) in [6.45, 7) is 8.81. The largest absolute Gasteiger partial charge is 0.303 e. The van der Waals surface area contributed by atoms with E-state index in [4.69, 9.17) is 0 Å². The van der Waals surface area contributed by atoms with Gasteiger partial charge in [-0.1, -0.05) is 61.9 Å². The van der Waals surface area contributed by atoms with Crippen molar-refractivity contribution in [2.75, 3.05) is 25.0 Å². The molecular formula is C17H32BrN. The summed E-state index contributed by atoms with van der Waals surface area (Å²) in [5.41, 5.74) is 1.27. The van der Waals surface area contributed by atoms with Crippen molar-refractivity contribution < 1.29 is 0 Å². The molecule has 0 bridgehead atoms. The average molecular weight is 330 g/mol. The maximum Gasteiger partial charge on any atom is 0.0100 e. The Balaban J connectivity index is 1.87. The molecular weight excluding hydrogens is 298 g/mol. The summed E-state index contributed by atoms with van der Waals surface area (Å²) < 4.78 is 0. The van der Waals surface area contributed by atoms with Gasteiger partial charge in [-0.15, -0.1) is 0 Å². The van der Waals surface area contributed by atoms with Gasteiger partial charge >= 0.3 is 0 Å². The van der Waals surface area contributed by atoms with Gasteiger partial charge in [-0.3, -0.25) is 0 Å². The number of halogens is 1. The molecule has 0 aromatic rings. The van der Waals surface area contributed by atoms with Crippen LogP contribution in [-0.4, -0.2) is 29.9 Å². The molecule has 0 radical (unpaired) electrons. The number of likely N-dealkylation sites (tertiary alicyclic amines) is 1. The first-order valence-electron chi connectivity index (χ1n) is 8.46. The molecule has 2 fully saturated rings. The Morgan fingerprint density at radius 2 is 1.42 bits per heavy atom. The van der Waals surface area contributed by atoms with Crippen LogP contribution in [0.15, 0.2) is 0 Å². The highest BCUT2D eigenvalue weighted by atomic mass is 79.9. The molecule has 0 aromatic carbocycles. The lowest BCUT2D eigenvalue weighted by atomic mass is 9.72. The average Bonchev–Trinajstić information content (AvgIpc) is 2.49. The van der Waals surface area contributed by atoms with Crippen molar-refractivity contribution in [1.29, 1.82) is 0 Å². The van der Waals surface area contributed by atoms with E-state index in [1.165, 1.54) is 82.8 Å². The fraction of sp³-hybridized carbons (Fsp3) is 1.00. The summed E-state index contributed by atoms with van der Waals surface area (Å²) in [4.78, 5) is 2.77. The molecule has 1 nitrogen and oxygen atoms in total. The van der Waals surface area contributed by atoms with Crippen LogP contribution >= 0.6 is 15.9 Å². The van der Waals surface area contributed by atoms with Gasteiger partial charge in [0.2, 0.25) is 0 Å². The molecule has 112 valence electrons. The van der Waals surface area contributed by atoms with E-state index in [0.717, 1.165) is 0 Å². The predicted octanol–water partition coefficient (Wildman–Crippen LogP) is 5.23. The van der Waals surface area contributed by atoms with Crippen LogP contribution < -0.4 is 0 Å². The van der Waals surface area contributed by atoms with Crippen molar-refractivity contribution in [3.63, 3.8) is 0 Å². The third kappa shape index (κ3) is 3.75. The molecule has 2 aliphatic rings. The van der Waals surface area contributed by atoms with Gasteiger partial charge in [0, 0.05) is 11.9 Å². The minimum absolute atomic E-state index is 0.594. The van der Waals surface area contributed by atoms with Gasteiger partial charge in [0.05, 0.1) is 0 Å². The number of piperidine rings is 1. The van der Waals surface area contributed by atoms with Gasteiger partial charge in [0.1, 0.15) is 0 Å². The topological polar surface area (TPSA) is 3.24 Å². The smallest absolute Gasteiger partial charge is 0.0100 e. The van der Waals surface area contributed by atoms with Gasteiger partial charge in [0.25, 0.3) is 0 Å². The van der Waals surface area contributed by atoms with Crippen molar-refractivity contribution in [1.82, 2.24) is 4.90 Å². The lowest BCUT2D eigenvalue weighted by Crippen LogP contribution is -2.46. The van der Waals surface area contributed by atoms with Crippen LogP contribution in [0, 0.1) is 10.8 Å². The van der Waals surface area contributed by atoms with Crippen LogP contribution in [-0.2, 0) is 0 Å². The lowest BCUT2D eigenvalue weighted by Gasteiger charge is -2.46. The van der Waals surface area contributed by atoms with E-state index in [9.17, 15) is 0 Å². The highest BCUT2D eigenvalue weighted by molar-refractivity contribution is 9.09. The Morgan fingerprint density at radius 3 is 1.89 bits per heavy atom. The minimum atomic E-state index is 0.594. The van der Waals surface area contributed by atoms with Crippen LogP contribution in [0.5, 0.6) is 0 Å². The summed E-state index contributed by atoms with van der Waals surface area (Å²) in [5.74, 6) is 0. The second-order valence-corrected chi connectivity index (χ2v) is 7.74. The quantitative estimate of drug-likeness (QED) is 0.624. The molecule has 19 heavy (non-hydrogen) atoms. The number of alkyl halides is 1. The van der Waals surface area contributed by atoms with Gasteiger partial charge in [0.15, 0.2) is 0 Å². The van der Waals surface area contributed by atoms with Crippen molar-refractivity contribution in [3.05, 3.63) is 0 Å². The molecule has 1 aliphatic carbocycles. The van der Waals surface area contributed by atoms with Crippen LogP contribution in [0.25, 0.3) is 0 Å². The maximum absolute atomic E-state index is 3.82. The molecule has 0 N–H and O–H groups in total. The van der Waals surface area contributed by atoms with Crippen molar-refractivity contribution in [3.8, 4) is 0 Å². The number of hydrogen-bond acceptors (Lipinski definition) is 1. The van der Waals surface area contributed by atoms with Gasteiger partial charge in [-0.05, 0) is 49.6 Å². The number of hydrogen-bond donors (Lipinski definition) is 0. The van der Waals surface area contributed by atoms with E-state index in [1.54, 1.807) is 0 Å². The summed E-state index contributed by atoms with van der Waals surface area (Å²) in [7, 11) is 0. The zero-order valence-electron chi connectivity index (χ0n) is 13.0. The first-order chi connectivity index (χ1) is 9.17. The fourth-order valence-corrected chi connectivity index (χ4v) is 4.99. The third-order valence-electron chi connectivity index (χ3n) is 6.17. The van der Waals surface area contributed by atoms with Crippen LogP contribution in [0.1, 0.15) is 71.6 Å². The molecule has 2 rings (SSSR count). The monoisotopic (exact) mass is 329 g/mol. The molecule has 0 amide bonds. The fourth-order valence-electron chi connectivity index (χ4n) is 4.25. The van der Waals surface area contributed by atoms with Crippen molar-refractivity contribution in [2.24, 2.45) is 10.8 Å². The molecule has 0 aromatic heterocycles. The van der Waals surface area contributed by atoms with E-state index in [-0.39, 0.29) is 0 Å². The van der Waals surface area contributed by atoms with E-state index >= 15 is 0 Å². The Hall–Kier alpha value is 0.440. The van der Waals surface area contributed by atoms with Gasteiger partial charge < -0.3 is 4.90 Å². The standard InChI is InChI=1S/C17H32BrN/c1-3-16(4-2)10-12-19(13-11-16)15-17(14-18)8-6-5-7-9-17/h3-15H2,1-2H3. The van der Waals surface area contributed by atoms with Crippen LogP contribution in [0.3, 0.4) is 0 Å². The summed E-state index contributed by atoms with van der Waals surface area (Å²) in [6.07, 6.45) is 12.9. The number of rotatable bonds is 5. The number of nitrogens with zero attached hydrogens (tertiary/aromatic N) is 1. The Labute approximate surface area is 128 Å². The summed E-state index contributed by atoms with van der Waals surface area (Å²) >= 11 is 3.82. The minimum Gasteiger partial charge on any atom is -0.303 e. The van der Waals surface area contributed by atoms with Gasteiger partial charge in [-0.2, -0.15) is 0 Å². The van der Waals surface area contributed by atoms with E-state index in [2.05, 4.69) is 34.7 Å². The first kappa shape index (κ1) is 15.8. The third-order valence-corrected chi connectivity index (χ3v) is 7.36. The van der Waals surface area contributed by atoms with Crippen LogP contribution in [0.4, 0.5) is 0 Å². The predicted molar refractivity (Wildman–Crippen MR) is 88.0 cm³/mol. The zero-order chi connectivity index (χ0) is 13.8. The second-order valence-electron chi connectivity index (χ2n) is 7.18. The molecule has 0 atom stereocenters. The summed E-state index contributed by atoms with van der Waals surface area (Å²) in [5, 5.41) is 1.21.